The number of hydrogen-bond donors (Lipinski definition) is 2. The van der Waals surface area contributed by atoms with Crippen LogP contribution in [-0.2, 0) is 27.2 Å². The van der Waals surface area contributed by atoms with Gasteiger partial charge in [0.25, 0.3) is 18.3 Å². The first-order valence-corrected chi connectivity index (χ1v) is 12.0. The maximum absolute atomic E-state index is 12.7. The number of benzene rings is 1. The lowest BCUT2D eigenvalue weighted by atomic mass is 9.90. The Labute approximate surface area is 212 Å². The quantitative estimate of drug-likeness (QED) is 0.586. The van der Waals surface area contributed by atoms with Crippen LogP contribution in [0.3, 0.4) is 0 Å². The second kappa shape index (κ2) is 10.0. The highest BCUT2D eigenvalue weighted by molar-refractivity contribution is 5.94. The number of likely N-dealkylation sites (tertiary alicyclic amines) is 1. The molecular formula is C25H26N6O6. The summed E-state index contributed by atoms with van der Waals surface area (Å²) in [6.07, 6.45) is 4.47. The van der Waals surface area contributed by atoms with Crippen molar-refractivity contribution in [2.24, 2.45) is 5.92 Å². The number of carboxylic acid groups (broad SMARTS) is 1. The normalized spacial score (nSPS) is 21.5. The Bertz CT molecular complexity index is 1270. The molecule has 12 nitrogen and oxygen atoms in total. The van der Waals surface area contributed by atoms with E-state index in [4.69, 9.17) is 19.4 Å². The van der Waals surface area contributed by atoms with Crippen LogP contribution in [0.15, 0.2) is 24.4 Å². The summed E-state index contributed by atoms with van der Waals surface area (Å²) in [4.78, 5) is 45.1. The van der Waals surface area contributed by atoms with Gasteiger partial charge in [0.2, 0.25) is 0 Å². The van der Waals surface area contributed by atoms with Crippen LogP contribution in [0.25, 0.3) is 0 Å². The molecule has 1 spiro atoms. The van der Waals surface area contributed by atoms with E-state index < -0.39 is 11.7 Å². The van der Waals surface area contributed by atoms with Gasteiger partial charge in [0.1, 0.15) is 5.60 Å². The van der Waals surface area contributed by atoms with Crippen molar-refractivity contribution in [1.29, 1.82) is 5.26 Å². The molecule has 1 aromatic carbocycles. The molecule has 3 aliphatic heterocycles. The molecule has 1 aliphatic carbocycles. The number of ether oxygens (including phenoxy) is 2. The summed E-state index contributed by atoms with van der Waals surface area (Å²) in [5.41, 5.74) is 2.76. The third-order valence-electron chi connectivity index (χ3n) is 7.25. The highest BCUT2D eigenvalue weighted by atomic mass is 16.6. The lowest BCUT2D eigenvalue weighted by molar-refractivity contribution is -0.123. The molecule has 2 amide bonds. The Morgan fingerprint density at radius 2 is 2.05 bits per heavy atom. The summed E-state index contributed by atoms with van der Waals surface area (Å²) < 4.78 is 11.1. The van der Waals surface area contributed by atoms with Crippen molar-refractivity contribution in [3.63, 3.8) is 0 Å². The summed E-state index contributed by atoms with van der Waals surface area (Å²) in [5.74, 6) is 1.00. The largest absolute Gasteiger partial charge is 0.483 e. The van der Waals surface area contributed by atoms with Crippen molar-refractivity contribution < 1.29 is 29.0 Å². The van der Waals surface area contributed by atoms with Gasteiger partial charge in [-0.3, -0.25) is 14.5 Å². The zero-order valence-corrected chi connectivity index (χ0v) is 20.1. The number of hydrogen-bond acceptors (Lipinski definition) is 9. The molecule has 192 valence electrons. The molecule has 1 unspecified atom stereocenters. The lowest BCUT2D eigenvalue weighted by Crippen LogP contribution is -2.48. The first-order chi connectivity index (χ1) is 17.9. The van der Waals surface area contributed by atoms with Crippen molar-refractivity contribution >= 4 is 30.1 Å². The fraction of sp³-hybridized carbons (Fsp3) is 0.440. The van der Waals surface area contributed by atoms with Gasteiger partial charge in [0.15, 0.2) is 18.2 Å². The van der Waals surface area contributed by atoms with Gasteiger partial charge >= 0.3 is 6.09 Å². The van der Waals surface area contributed by atoms with E-state index in [1.165, 1.54) is 22.2 Å². The first kappa shape index (κ1) is 24.5. The van der Waals surface area contributed by atoms with Gasteiger partial charge in [0, 0.05) is 32.5 Å². The summed E-state index contributed by atoms with van der Waals surface area (Å²) in [5, 5.41) is 18.9. The summed E-state index contributed by atoms with van der Waals surface area (Å²) >= 11 is 0. The summed E-state index contributed by atoms with van der Waals surface area (Å²) in [6.45, 7) is 2.72. The van der Waals surface area contributed by atoms with Gasteiger partial charge in [-0.15, -0.1) is 0 Å². The molecular weight excluding hydrogens is 480 g/mol. The van der Waals surface area contributed by atoms with E-state index in [0.29, 0.717) is 18.3 Å². The predicted octanol–water partition coefficient (Wildman–Crippen LogP) is 1.59. The molecule has 4 heterocycles. The second-order valence-corrected chi connectivity index (χ2v) is 9.59. The van der Waals surface area contributed by atoms with E-state index in [0.717, 1.165) is 50.9 Å². The molecule has 2 saturated heterocycles. The van der Waals surface area contributed by atoms with Crippen molar-refractivity contribution in [2.75, 3.05) is 43.0 Å². The Kier molecular flexibility index (Phi) is 6.62. The zero-order valence-electron chi connectivity index (χ0n) is 20.1. The van der Waals surface area contributed by atoms with E-state index >= 15 is 0 Å². The number of carbonyl (C=O) groups is 3. The minimum Gasteiger partial charge on any atom is -0.483 e. The van der Waals surface area contributed by atoms with Crippen molar-refractivity contribution in [3.8, 4) is 11.9 Å². The fourth-order valence-corrected chi connectivity index (χ4v) is 5.53. The smallest absolute Gasteiger partial charge is 0.416 e. The van der Waals surface area contributed by atoms with Crippen LogP contribution in [0.4, 0.5) is 16.4 Å². The maximum atomic E-state index is 12.7. The van der Waals surface area contributed by atoms with Gasteiger partial charge in [-0.2, -0.15) is 5.26 Å². The van der Waals surface area contributed by atoms with Crippen LogP contribution < -0.4 is 15.0 Å². The molecule has 0 bridgehead atoms. The Morgan fingerprint density at radius 1 is 1.27 bits per heavy atom. The number of aromatic nitrogens is 2. The number of piperidine rings is 1. The summed E-state index contributed by atoms with van der Waals surface area (Å²) in [7, 11) is 0. The van der Waals surface area contributed by atoms with Crippen LogP contribution in [0.2, 0.25) is 0 Å². The van der Waals surface area contributed by atoms with E-state index in [1.807, 2.05) is 12.1 Å². The Morgan fingerprint density at radius 3 is 2.81 bits per heavy atom. The van der Waals surface area contributed by atoms with Crippen LogP contribution in [-0.4, -0.2) is 76.8 Å². The number of carbonyl (C=O) groups excluding carboxylic acids is 2. The molecule has 1 atom stereocenters. The first-order valence-electron chi connectivity index (χ1n) is 12.0. The van der Waals surface area contributed by atoms with Gasteiger partial charge in [-0.1, -0.05) is 12.1 Å². The molecule has 6 rings (SSSR count). The molecule has 0 saturated carbocycles. The van der Waals surface area contributed by atoms with Crippen LogP contribution in [0, 0.1) is 17.2 Å². The number of fused-ring (bicyclic) bond motifs is 2. The molecule has 2 N–H and O–H groups in total. The van der Waals surface area contributed by atoms with Crippen molar-refractivity contribution in [1.82, 2.24) is 14.9 Å². The molecule has 2 fully saturated rings. The van der Waals surface area contributed by atoms with E-state index in [2.05, 4.69) is 32.3 Å². The predicted molar refractivity (Wildman–Crippen MR) is 129 cm³/mol. The number of nitrogens with one attached hydrogen (secondary N) is 1. The van der Waals surface area contributed by atoms with Crippen LogP contribution in [0.1, 0.15) is 29.5 Å². The van der Waals surface area contributed by atoms with Crippen molar-refractivity contribution in [2.45, 2.75) is 31.3 Å². The molecule has 37 heavy (non-hydrogen) atoms. The monoisotopic (exact) mass is 506 g/mol. The van der Waals surface area contributed by atoms with E-state index in [-0.39, 0.29) is 30.7 Å². The van der Waals surface area contributed by atoms with Crippen LogP contribution in [0.5, 0.6) is 5.88 Å². The highest BCUT2D eigenvalue weighted by Crippen LogP contribution is 2.37. The average molecular weight is 507 g/mol. The van der Waals surface area contributed by atoms with E-state index in [9.17, 15) is 14.9 Å². The van der Waals surface area contributed by atoms with Crippen LogP contribution >= 0.6 is 0 Å². The second-order valence-electron chi connectivity index (χ2n) is 9.59. The number of anilines is 2. The Balaban J connectivity index is 0.000000892. The third kappa shape index (κ3) is 4.90. The third-order valence-corrected chi connectivity index (χ3v) is 7.25. The minimum atomic E-state index is -0.544. The van der Waals surface area contributed by atoms with Gasteiger partial charge in [-0.05, 0) is 36.0 Å². The molecule has 12 heteroatoms. The molecule has 2 aromatic rings. The summed E-state index contributed by atoms with van der Waals surface area (Å²) in [6, 6.07) is 8.33. The number of amides is 2. The number of nitrogens with zero attached hydrogens (tertiary/aromatic N) is 5. The average Bonchev–Trinajstić information content (AvgIpc) is 3.45. The van der Waals surface area contributed by atoms with E-state index in [1.54, 1.807) is 0 Å². The molecule has 4 aliphatic rings. The van der Waals surface area contributed by atoms with Crippen molar-refractivity contribution in [3.05, 3.63) is 41.1 Å². The SMILES string of the molecule is N#Cc1cccc2c1CC(CN1CCC3(CC1)CN(c1cnc4c(n1)NC(=O)CO4)C(=O)O3)C2.O=CO. The lowest BCUT2D eigenvalue weighted by Gasteiger charge is -2.38. The number of nitriles is 1. The molecule has 1 aromatic heterocycles. The number of rotatable bonds is 3. The Hall–Kier alpha value is -4.24. The maximum Gasteiger partial charge on any atom is 0.416 e. The standard InChI is InChI=1S/C24H24N6O4.CH2O2/c25-10-17-3-1-2-16-8-15(9-18(16)17)12-29-6-4-24(5-7-29)14-30(23(32)34-24)19-11-26-22-21(27-19)28-20(31)13-33-22;2-1-3/h1-3,11,15H,4-9,12-14H2,(H,27,28,31);1H,(H,2,3). The van der Waals surface area contributed by atoms with Gasteiger partial charge < -0.3 is 24.8 Å². The fourth-order valence-electron chi connectivity index (χ4n) is 5.53. The minimum absolute atomic E-state index is 0.0984. The topological polar surface area (TPSA) is 158 Å². The van der Waals surface area contributed by atoms with Gasteiger partial charge in [-0.25, -0.2) is 14.8 Å². The highest BCUT2D eigenvalue weighted by Gasteiger charge is 2.48. The van der Waals surface area contributed by atoms with Gasteiger partial charge in [0.05, 0.1) is 24.4 Å². The molecule has 0 radical (unpaired) electrons. The zero-order chi connectivity index (χ0) is 26.0.